The summed E-state index contributed by atoms with van der Waals surface area (Å²) in [5.74, 6) is 0. The van der Waals surface area contributed by atoms with Gasteiger partial charge in [0, 0.05) is 12.7 Å². The summed E-state index contributed by atoms with van der Waals surface area (Å²) in [5, 5.41) is 8.13. The molecule has 78 valence electrons. The van der Waals surface area contributed by atoms with Crippen LogP contribution in [0.5, 0.6) is 0 Å². The summed E-state index contributed by atoms with van der Waals surface area (Å²) in [6, 6.07) is 10.4. The summed E-state index contributed by atoms with van der Waals surface area (Å²) >= 11 is 0. The van der Waals surface area contributed by atoms with Crippen LogP contribution in [0.25, 0.3) is 0 Å². The first-order valence-corrected chi connectivity index (χ1v) is 5.31. The largest absolute Gasteiger partial charge is 0.252 e. The van der Waals surface area contributed by atoms with Crippen molar-refractivity contribution < 1.29 is 0 Å². The van der Waals surface area contributed by atoms with Crippen LogP contribution in [-0.4, -0.2) is 15.0 Å². The maximum absolute atomic E-state index is 4.07. The Morgan fingerprint density at radius 3 is 2.67 bits per heavy atom. The monoisotopic (exact) mass is 201 g/mol. The highest BCUT2D eigenvalue weighted by Crippen LogP contribution is 2.01. The number of rotatable bonds is 4. The van der Waals surface area contributed by atoms with Gasteiger partial charge in [0.15, 0.2) is 0 Å². The molecule has 2 aromatic rings. The smallest absolute Gasteiger partial charge is 0.0824 e. The van der Waals surface area contributed by atoms with E-state index in [9.17, 15) is 0 Å². The fourth-order valence-corrected chi connectivity index (χ4v) is 1.50. The lowest BCUT2D eigenvalue weighted by atomic mass is 10.1. The van der Waals surface area contributed by atoms with Crippen molar-refractivity contribution in [2.75, 3.05) is 0 Å². The van der Waals surface area contributed by atoms with E-state index in [0.717, 1.165) is 25.1 Å². The van der Waals surface area contributed by atoms with Gasteiger partial charge in [-0.15, -0.1) is 5.10 Å². The zero-order valence-corrected chi connectivity index (χ0v) is 8.93. The molecule has 0 amide bonds. The van der Waals surface area contributed by atoms with Gasteiger partial charge in [-0.1, -0.05) is 42.5 Å². The van der Waals surface area contributed by atoms with Crippen LogP contribution in [0.1, 0.15) is 18.2 Å². The summed E-state index contributed by atoms with van der Waals surface area (Å²) in [5.41, 5.74) is 2.40. The zero-order chi connectivity index (χ0) is 10.5. The third kappa shape index (κ3) is 2.65. The van der Waals surface area contributed by atoms with Crippen molar-refractivity contribution >= 4 is 0 Å². The summed E-state index contributed by atoms with van der Waals surface area (Å²) in [6.07, 6.45) is 3.97. The van der Waals surface area contributed by atoms with Gasteiger partial charge in [-0.05, 0) is 18.4 Å². The number of hydrogen-bond acceptors (Lipinski definition) is 2. The van der Waals surface area contributed by atoms with Gasteiger partial charge in [0.25, 0.3) is 0 Å². The number of hydrogen-bond donors (Lipinski definition) is 0. The molecule has 0 N–H and O–H groups in total. The van der Waals surface area contributed by atoms with Crippen molar-refractivity contribution in [1.29, 1.82) is 0 Å². The molecule has 1 heterocycles. The van der Waals surface area contributed by atoms with Crippen molar-refractivity contribution in [3.05, 3.63) is 47.8 Å². The minimum atomic E-state index is 0.900. The van der Waals surface area contributed by atoms with E-state index in [0.29, 0.717) is 0 Å². The maximum Gasteiger partial charge on any atom is 0.0824 e. The molecule has 0 saturated heterocycles. The number of benzene rings is 1. The summed E-state index contributed by atoms with van der Waals surface area (Å²) < 4.78 is 1.91. The summed E-state index contributed by atoms with van der Waals surface area (Å²) in [6.45, 7) is 2.99. The molecule has 1 aromatic carbocycles. The Morgan fingerprint density at radius 1 is 1.20 bits per heavy atom. The lowest BCUT2D eigenvalue weighted by Gasteiger charge is -2.00. The lowest BCUT2D eigenvalue weighted by molar-refractivity contribution is 0.589. The van der Waals surface area contributed by atoms with Gasteiger partial charge in [0.1, 0.15) is 0 Å². The predicted octanol–water partition coefficient (Wildman–Crippen LogP) is 2.08. The molecule has 1 aromatic heterocycles. The van der Waals surface area contributed by atoms with E-state index < -0.39 is 0 Å². The molecule has 0 aliphatic heterocycles. The average molecular weight is 201 g/mol. The molecule has 0 fully saturated rings. The second-order valence-electron chi connectivity index (χ2n) is 3.56. The average Bonchev–Trinajstić information content (AvgIpc) is 2.76. The molecule has 0 spiro atoms. The second-order valence-corrected chi connectivity index (χ2v) is 3.56. The van der Waals surface area contributed by atoms with Crippen LogP contribution >= 0.6 is 0 Å². The Morgan fingerprint density at radius 2 is 2.00 bits per heavy atom. The van der Waals surface area contributed by atoms with E-state index >= 15 is 0 Å². The van der Waals surface area contributed by atoms with Gasteiger partial charge in [-0.2, -0.15) is 0 Å². The molecule has 2 rings (SSSR count). The van der Waals surface area contributed by atoms with Gasteiger partial charge in [0.2, 0.25) is 0 Å². The van der Waals surface area contributed by atoms with Crippen LogP contribution in [0.4, 0.5) is 0 Å². The Hall–Kier alpha value is -1.64. The molecular formula is C12H15N3. The second kappa shape index (κ2) is 4.73. The normalized spacial score (nSPS) is 10.5. The molecular weight excluding hydrogens is 186 g/mol. The van der Waals surface area contributed by atoms with Crippen molar-refractivity contribution in [3.63, 3.8) is 0 Å². The topological polar surface area (TPSA) is 30.7 Å². The van der Waals surface area contributed by atoms with Crippen LogP contribution in [0.15, 0.2) is 36.5 Å². The number of aryl methyl sites for hydroxylation is 3. The number of nitrogens with zero attached hydrogens (tertiary/aromatic N) is 3. The molecule has 15 heavy (non-hydrogen) atoms. The molecule has 3 nitrogen and oxygen atoms in total. The van der Waals surface area contributed by atoms with E-state index in [-0.39, 0.29) is 0 Å². The van der Waals surface area contributed by atoms with Gasteiger partial charge in [-0.25, -0.2) is 0 Å². The Balaban J connectivity index is 1.93. The van der Waals surface area contributed by atoms with E-state index in [1.165, 1.54) is 5.56 Å². The van der Waals surface area contributed by atoms with Crippen molar-refractivity contribution in [1.82, 2.24) is 15.0 Å². The van der Waals surface area contributed by atoms with E-state index in [1.807, 2.05) is 16.9 Å². The fourth-order valence-electron chi connectivity index (χ4n) is 1.50. The third-order valence-corrected chi connectivity index (χ3v) is 2.42. The molecule has 3 heteroatoms. The van der Waals surface area contributed by atoms with Gasteiger partial charge in [0.05, 0.1) is 5.69 Å². The van der Waals surface area contributed by atoms with Crippen LogP contribution in [0.2, 0.25) is 0 Å². The molecule has 0 unspecified atom stereocenters. The highest BCUT2D eigenvalue weighted by atomic mass is 15.4. The SMILES string of the molecule is CCc1cn(CCc2ccccc2)nn1. The highest BCUT2D eigenvalue weighted by molar-refractivity contribution is 5.14. The van der Waals surface area contributed by atoms with E-state index in [4.69, 9.17) is 0 Å². The third-order valence-electron chi connectivity index (χ3n) is 2.42. The minimum absolute atomic E-state index is 0.900. The van der Waals surface area contributed by atoms with Crippen molar-refractivity contribution in [3.8, 4) is 0 Å². The molecule has 0 saturated carbocycles. The number of aromatic nitrogens is 3. The van der Waals surface area contributed by atoms with Gasteiger partial charge in [-0.3, -0.25) is 4.68 Å². The van der Waals surface area contributed by atoms with Gasteiger partial charge < -0.3 is 0 Å². The van der Waals surface area contributed by atoms with Crippen LogP contribution in [0.3, 0.4) is 0 Å². The predicted molar refractivity (Wildman–Crippen MR) is 59.5 cm³/mol. The first-order valence-electron chi connectivity index (χ1n) is 5.31. The van der Waals surface area contributed by atoms with Crippen LogP contribution < -0.4 is 0 Å². The standard InChI is InChI=1S/C12H15N3/c1-2-12-10-15(14-13-12)9-8-11-6-4-3-5-7-11/h3-7,10H,2,8-9H2,1H3. The molecule has 0 atom stereocenters. The first kappa shape index (κ1) is 9.90. The highest BCUT2D eigenvalue weighted by Gasteiger charge is 1.98. The first-order chi connectivity index (χ1) is 7.38. The Bertz CT molecular complexity index is 406. The maximum atomic E-state index is 4.07. The molecule has 0 aliphatic carbocycles. The Labute approximate surface area is 89.7 Å². The van der Waals surface area contributed by atoms with Crippen molar-refractivity contribution in [2.24, 2.45) is 0 Å². The lowest BCUT2D eigenvalue weighted by Crippen LogP contribution is -2.01. The van der Waals surface area contributed by atoms with Gasteiger partial charge >= 0.3 is 0 Å². The zero-order valence-electron chi connectivity index (χ0n) is 8.93. The fraction of sp³-hybridized carbons (Fsp3) is 0.333. The quantitative estimate of drug-likeness (QED) is 0.758. The van der Waals surface area contributed by atoms with E-state index in [1.54, 1.807) is 0 Å². The van der Waals surface area contributed by atoms with Crippen LogP contribution in [-0.2, 0) is 19.4 Å². The molecule has 0 radical (unpaired) electrons. The Kier molecular flexibility index (Phi) is 3.12. The summed E-state index contributed by atoms with van der Waals surface area (Å²) in [7, 11) is 0. The molecule has 0 bridgehead atoms. The molecule has 0 aliphatic rings. The van der Waals surface area contributed by atoms with E-state index in [2.05, 4.69) is 41.5 Å². The summed E-state index contributed by atoms with van der Waals surface area (Å²) in [4.78, 5) is 0. The minimum Gasteiger partial charge on any atom is -0.252 e. The van der Waals surface area contributed by atoms with Crippen LogP contribution in [0, 0.1) is 0 Å². The van der Waals surface area contributed by atoms with Crippen molar-refractivity contribution in [2.45, 2.75) is 26.3 Å².